The zero-order valence-corrected chi connectivity index (χ0v) is 13.2. The van der Waals surface area contributed by atoms with Crippen molar-refractivity contribution >= 4 is 27.4 Å². The van der Waals surface area contributed by atoms with Crippen molar-refractivity contribution in [2.75, 3.05) is 18.4 Å². The lowest BCUT2D eigenvalue weighted by atomic mass is 9.77. The van der Waals surface area contributed by atoms with E-state index in [1.165, 1.54) is 23.1 Å². The molecule has 2 aromatic rings. The SMILES string of the molecule is Cc1csc2c(NCC3NCCCC3(C)C)ncnc12. The van der Waals surface area contributed by atoms with Crippen molar-refractivity contribution < 1.29 is 0 Å². The highest BCUT2D eigenvalue weighted by Gasteiger charge is 2.31. The summed E-state index contributed by atoms with van der Waals surface area (Å²) >= 11 is 1.72. The summed E-state index contributed by atoms with van der Waals surface area (Å²) in [6.07, 6.45) is 4.21. The van der Waals surface area contributed by atoms with E-state index < -0.39 is 0 Å². The van der Waals surface area contributed by atoms with Crippen LogP contribution in [-0.2, 0) is 0 Å². The molecule has 0 amide bonds. The summed E-state index contributed by atoms with van der Waals surface area (Å²) in [6, 6.07) is 0.488. The normalized spacial score (nSPS) is 22.1. The highest BCUT2D eigenvalue weighted by atomic mass is 32.1. The molecule has 0 spiro atoms. The highest BCUT2D eigenvalue weighted by Crippen LogP contribution is 2.32. The Kier molecular flexibility index (Phi) is 3.65. The molecule has 1 fully saturated rings. The molecular weight excluding hydrogens is 268 g/mol. The Hall–Kier alpha value is -1.20. The van der Waals surface area contributed by atoms with Gasteiger partial charge in [0.05, 0.1) is 10.2 Å². The molecule has 2 N–H and O–H groups in total. The minimum Gasteiger partial charge on any atom is -0.367 e. The van der Waals surface area contributed by atoms with E-state index in [0.29, 0.717) is 11.5 Å². The molecule has 1 unspecified atom stereocenters. The van der Waals surface area contributed by atoms with Crippen molar-refractivity contribution in [3.05, 3.63) is 17.3 Å². The van der Waals surface area contributed by atoms with Crippen LogP contribution in [-0.4, -0.2) is 29.1 Å². The van der Waals surface area contributed by atoms with Crippen LogP contribution >= 0.6 is 11.3 Å². The highest BCUT2D eigenvalue weighted by molar-refractivity contribution is 7.18. The first-order valence-corrected chi connectivity index (χ1v) is 8.12. The van der Waals surface area contributed by atoms with Gasteiger partial charge in [-0.2, -0.15) is 0 Å². The van der Waals surface area contributed by atoms with Gasteiger partial charge in [0.1, 0.15) is 12.1 Å². The van der Waals surface area contributed by atoms with Crippen LogP contribution in [0.4, 0.5) is 5.82 Å². The second-order valence-corrected chi connectivity index (χ2v) is 7.18. The Morgan fingerprint density at radius 3 is 3.10 bits per heavy atom. The number of anilines is 1. The standard InChI is InChI=1S/C15H22N4S/c1-10-8-20-13-12(10)18-9-19-14(13)17-7-11-15(2,3)5-4-6-16-11/h8-9,11,16H,4-7H2,1-3H3,(H,17,18,19). The maximum atomic E-state index is 4.41. The third-order valence-corrected chi connectivity index (χ3v) is 5.43. The second kappa shape index (κ2) is 5.30. The first-order valence-electron chi connectivity index (χ1n) is 7.24. The molecule has 1 aliphatic heterocycles. The van der Waals surface area contributed by atoms with Crippen LogP contribution in [0.25, 0.3) is 10.2 Å². The average Bonchev–Trinajstić information content (AvgIpc) is 2.80. The number of aromatic nitrogens is 2. The Bertz CT molecular complexity index is 605. The zero-order valence-electron chi connectivity index (χ0n) is 12.4. The minimum atomic E-state index is 0.336. The Morgan fingerprint density at radius 1 is 1.45 bits per heavy atom. The van der Waals surface area contributed by atoms with E-state index >= 15 is 0 Å². The lowest BCUT2D eigenvalue weighted by molar-refractivity contribution is 0.188. The third-order valence-electron chi connectivity index (χ3n) is 4.34. The fourth-order valence-corrected chi connectivity index (χ4v) is 3.88. The van der Waals surface area contributed by atoms with Crippen molar-refractivity contribution in [2.45, 2.75) is 39.7 Å². The number of thiophene rings is 1. The number of hydrogen-bond donors (Lipinski definition) is 2. The molecule has 108 valence electrons. The molecule has 1 saturated heterocycles. The van der Waals surface area contributed by atoms with Gasteiger partial charge in [0.2, 0.25) is 0 Å². The van der Waals surface area contributed by atoms with Crippen molar-refractivity contribution in [3.63, 3.8) is 0 Å². The summed E-state index contributed by atoms with van der Waals surface area (Å²) in [5, 5.41) is 9.30. The van der Waals surface area contributed by atoms with Gasteiger partial charge in [0.15, 0.2) is 0 Å². The zero-order chi connectivity index (χ0) is 14.2. The number of nitrogens with one attached hydrogen (secondary N) is 2. The maximum Gasteiger partial charge on any atom is 0.147 e. The molecule has 0 radical (unpaired) electrons. The predicted molar refractivity (Wildman–Crippen MR) is 85.4 cm³/mol. The van der Waals surface area contributed by atoms with Gasteiger partial charge in [0.25, 0.3) is 0 Å². The molecule has 20 heavy (non-hydrogen) atoms. The summed E-state index contributed by atoms with van der Waals surface area (Å²) in [7, 11) is 0. The second-order valence-electron chi connectivity index (χ2n) is 6.30. The van der Waals surface area contributed by atoms with Crippen LogP contribution in [0.2, 0.25) is 0 Å². The molecule has 1 aliphatic rings. The number of piperidine rings is 1. The van der Waals surface area contributed by atoms with Crippen molar-refractivity contribution in [3.8, 4) is 0 Å². The fourth-order valence-electron chi connectivity index (χ4n) is 2.91. The summed E-state index contributed by atoms with van der Waals surface area (Å²) < 4.78 is 1.17. The summed E-state index contributed by atoms with van der Waals surface area (Å²) in [5.41, 5.74) is 2.64. The van der Waals surface area contributed by atoms with Gasteiger partial charge in [-0.3, -0.25) is 0 Å². The molecule has 0 aliphatic carbocycles. The van der Waals surface area contributed by atoms with Gasteiger partial charge < -0.3 is 10.6 Å². The van der Waals surface area contributed by atoms with Crippen molar-refractivity contribution in [1.29, 1.82) is 0 Å². The molecule has 3 rings (SSSR count). The lowest BCUT2D eigenvalue weighted by Crippen LogP contribution is -2.50. The van der Waals surface area contributed by atoms with Gasteiger partial charge in [-0.25, -0.2) is 9.97 Å². The minimum absolute atomic E-state index is 0.336. The first-order chi connectivity index (χ1) is 9.58. The number of aryl methyl sites for hydroxylation is 1. The monoisotopic (exact) mass is 290 g/mol. The molecule has 3 heterocycles. The molecule has 1 atom stereocenters. The van der Waals surface area contributed by atoms with Crippen LogP contribution in [0.1, 0.15) is 32.3 Å². The van der Waals surface area contributed by atoms with Crippen LogP contribution in [0.3, 0.4) is 0 Å². The number of nitrogens with zero attached hydrogens (tertiary/aromatic N) is 2. The van der Waals surface area contributed by atoms with Gasteiger partial charge in [-0.1, -0.05) is 13.8 Å². The molecule has 5 heteroatoms. The summed E-state index contributed by atoms with van der Waals surface area (Å²) in [5.74, 6) is 0.969. The van der Waals surface area contributed by atoms with Gasteiger partial charge in [-0.15, -0.1) is 11.3 Å². The fraction of sp³-hybridized carbons (Fsp3) is 0.600. The van der Waals surface area contributed by atoms with Gasteiger partial charge in [0, 0.05) is 12.6 Å². The molecule has 0 saturated carbocycles. The Balaban J connectivity index is 1.77. The van der Waals surface area contributed by atoms with Gasteiger partial charge >= 0.3 is 0 Å². The van der Waals surface area contributed by atoms with E-state index in [1.807, 2.05) is 0 Å². The first kappa shape index (κ1) is 13.8. The van der Waals surface area contributed by atoms with Crippen LogP contribution in [0.5, 0.6) is 0 Å². The molecule has 2 aromatic heterocycles. The van der Waals surface area contributed by atoms with Gasteiger partial charge in [-0.05, 0) is 42.7 Å². The molecular formula is C15H22N4S. The summed E-state index contributed by atoms with van der Waals surface area (Å²) in [4.78, 5) is 8.78. The average molecular weight is 290 g/mol. The van der Waals surface area contributed by atoms with Crippen LogP contribution < -0.4 is 10.6 Å². The van der Waals surface area contributed by atoms with E-state index in [9.17, 15) is 0 Å². The predicted octanol–water partition coefficient (Wildman–Crippen LogP) is 3.19. The van der Waals surface area contributed by atoms with E-state index in [1.54, 1.807) is 17.7 Å². The summed E-state index contributed by atoms with van der Waals surface area (Å²) in [6.45, 7) is 8.82. The lowest BCUT2D eigenvalue weighted by Gasteiger charge is -2.39. The Labute approximate surface area is 124 Å². The van der Waals surface area contributed by atoms with E-state index in [0.717, 1.165) is 24.4 Å². The molecule has 4 nitrogen and oxygen atoms in total. The van der Waals surface area contributed by atoms with Crippen LogP contribution in [0, 0.1) is 12.3 Å². The van der Waals surface area contributed by atoms with Crippen LogP contribution in [0.15, 0.2) is 11.7 Å². The largest absolute Gasteiger partial charge is 0.367 e. The number of hydrogen-bond acceptors (Lipinski definition) is 5. The third kappa shape index (κ3) is 2.52. The molecule has 0 aromatic carbocycles. The van der Waals surface area contributed by atoms with Crippen molar-refractivity contribution in [1.82, 2.24) is 15.3 Å². The number of fused-ring (bicyclic) bond motifs is 1. The maximum absolute atomic E-state index is 4.41. The van der Waals surface area contributed by atoms with Crippen molar-refractivity contribution in [2.24, 2.45) is 5.41 Å². The van der Waals surface area contributed by atoms with E-state index in [2.05, 4.69) is 46.8 Å². The number of rotatable bonds is 3. The molecule has 0 bridgehead atoms. The Morgan fingerprint density at radius 2 is 2.30 bits per heavy atom. The topological polar surface area (TPSA) is 49.8 Å². The van der Waals surface area contributed by atoms with E-state index in [4.69, 9.17) is 0 Å². The quantitative estimate of drug-likeness (QED) is 0.911. The smallest absolute Gasteiger partial charge is 0.147 e. The van der Waals surface area contributed by atoms with E-state index in [-0.39, 0.29) is 0 Å².